The summed E-state index contributed by atoms with van der Waals surface area (Å²) in [5, 5.41) is 3.38. The Morgan fingerprint density at radius 3 is 2.46 bits per heavy atom. The van der Waals surface area contributed by atoms with Crippen LogP contribution in [0.2, 0.25) is 0 Å². The number of nitrogens with one attached hydrogen (secondary N) is 1. The summed E-state index contributed by atoms with van der Waals surface area (Å²) in [6.45, 7) is 13.7. The van der Waals surface area contributed by atoms with Crippen molar-refractivity contribution in [3.8, 4) is 17.0 Å². The maximum atomic E-state index is 14.9. The molecule has 1 aliphatic rings. The highest BCUT2D eigenvalue weighted by Crippen LogP contribution is 2.41. The number of halogens is 2. The molecular weight excluding hydrogens is 518 g/mol. The van der Waals surface area contributed by atoms with Crippen molar-refractivity contribution in [2.45, 2.75) is 46.2 Å². The zero-order valence-electron chi connectivity index (χ0n) is 23.7. The number of allylic oxidation sites excluding steroid dienone is 1. The molecule has 0 amide bonds. The minimum atomic E-state index is -0.665. The summed E-state index contributed by atoms with van der Waals surface area (Å²) in [4.78, 5) is 11.5. The lowest BCUT2D eigenvalue weighted by atomic mass is 10.0. The fourth-order valence-corrected chi connectivity index (χ4v) is 5.16. The number of hydrogen-bond donors (Lipinski definition) is 1. The number of aryl methyl sites for hydroxylation is 1. The van der Waals surface area contributed by atoms with E-state index in [1.165, 1.54) is 23.8 Å². The van der Waals surface area contributed by atoms with Gasteiger partial charge in [-0.25, -0.2) is 18.7 Å². The van der Waals surface area contributed by atoms with Gasteiger partial charge in [0.05, 0.1) is 36.3 Å². The largest absolute Gasteiger partial charge is 0.497 e. The van der Waals surface area contributed by atoms with E-state index >= 15 is 0 Å². The van der Waals surface area contributed by atoms with Crippen LogP contribution in [0, 0.1) is 11.6 Å². The van der Waals surface area contributed by atoms with E-state index in [1.54, 1.807) is 13.2 Å². The summed E-state index contributed by atoms with van der Waals surface area (Å²) in [5.74, 6) is 0.0957. The fourth-order valence-electron chi connectivity index (χ4n) is 5.16. The Morgan fingerprint density at radius 1 is 1.02 bits per heavy atom. The maximum Gasteiger partial charge on any atom is 0.135 e. The van der Waals surface area contributed by atoms with Crippen molar-refractivity contribution in [3.05, 3.63) is 119 Å². The second kappa shape index (κ2) is 11.9. The van der Waals surface area contributed by atoms with Crippen LogP contribution in [0.3, 0.4) is 0 Å². The number of fused-ring (bicyclic) bond motifs is 1. The molecule has 1 N–H and O–H groups in total. The van der Waals surface area contributed by atoms with Gasteiger partial charge in [-0.05, 0) is 72.4 Å². The minimum Gasteiger partial charge on any atom is -0.497 e. The molecular formula is C34H34F2N4O. The number of benzene rings is 2. The first-order valence-electron chi connectivity index (χ1n) is 13.8. The van der Waals surface area contributed by atoms with E-state index in [2.05, 4.69) is 54.3 Å². The topological polar surface area (TPSA) is 50.3 Å². The van der Waals surface area contributed by atoms with Crippen LogP contribution in [0.1, 0.15) is 48.2 Å². The highest BCUT2D eigenvalue weighted by Gasteiger charge is 2.29. The van der Waals surface area contributed by atoms with E-state index in [-0.39, 0.29) is 11.3 Å². The van der Waals surface area contributed by atoms with Gasteiger partial charge in [0.1, 0.15) is 23.2 Å². The van der Waals surface area contributed by atoms with Crippen LogP contribution in [-0.4, -0.2) is 22.0 Å². The van der Waals surface area contributed by atoms with Gasteiger partial charge in [-0.15, -0.1) is 0 Å². The zero-order chi connectivity index (χ0) is 29.1. The molecule has 5 rings (SSSR count). The van der Waals surface area contributed by atoms with Crippen molar-refractivity contribution < 1.29 is 13.5 Å². The second-order valence-corrected chi connectivity index (χ2v) is 10.2. The number of nitrogens with zero attached hydrogens (tertiary/aromatic N) is 3. The molecule has 5 nitrogen and oxygen atoms in total. The Labute approximate surface area is 240 Å². The molecule has 210 valence electrons. The monoisotopic (exact) mass is 552 g/mol. The van der Waals surface area contributed by atoms with E-state index in [0.29, 0.717) is 30.3 Å². The highest BCUT2D eigenvalue weighted by atomic mass is 19.1. The highest BCUT2D eigenvalue weighted by molar-refractivity contribution is 5.83. The van der Waals surface area contributed by atoms with Gasteiger partial charge in [0.25, 0.3) is 0 Å². The molecule has 0 atom stereocenters. The summed E-state index contributed by atoms with van der Waals surface area (Å²) < 4.78 is 35.1. The first-order valence-corrected chi connectivity index (χ1v) is 13.8. The van der Waals surface area contributed by atoms with Crippen LogP contribution < -0.4 is 10.1 Å². The quantitative estimate of drug-likeness (QED) is 0.201. The summed E-state index contributed by atoms with van der Waals surface area (Å²) in [6.07, 6.45) is 4.35. The first kappa shape index (κ1) is 28.0. The molecule has 41 heavy (non-hydrogen) atoms. The van der Waals surface area contributed by atoms with E-state index in [1.807, 2.05) is 24.4 Å². The number of anilines is 2. The number of aromatic nitrogens is 2. The van der Waals surface area contributed by atoms with Gasteiger partial charge in [0.15, 0.2) is 0 Å². The standard InChI is InChI=1S/C34H34F2N4O/c1-6-21(3)15-23-11-14-32(37-18-23)39-29-17-30(34-27(35)9-8-10-28(34)36)38-31-20-40(22(4)33(29)31)19-25-12-13-26(41-5)16-24(25)7-2/h8-14,16-18H,3-4,6-7,15,19-20H2,1-2,5H3,(H,37,38,39). The van der Waals surface area contributed by atoms with Crippen LogP contribution in [0.25, 0.3) is 17.0 Å². The lowest BCUT2D eigenvalue weighted by Gasteiger charge is -2.22. The Kier molecular flexibility index (Phi) is 8.15. The molecule has 2 aromatic carbocycles. The van der Waals surface area contributed by atoms with Gasteiger partial charge in [0.2, 0.25) is 0 Å². The van der Waals surface area contributed by atoms with Crippen molar-refractivity contribution >= 4 is 17.2 Å². The third-order valence-electron chi connectivity index (χ3n) is 7.52. The molecule has 0 saturated heterocycles. The Morgan fingerprint density at radius 2 is 1.80 bits per heavy atom. The molecule has 7 heteroatoms. The SMILES string of the molecule is C=C(CC)Cc1ccc(Nc2cc(-c3c(F)cccc3F)nc3c2C(=C)N(Cc2ccc(OC)cc2CC)C3)nc1. The Bertz CT molecular complexity index is 1590. The molecule has 1 aliphatic heterocycles. The summed E-state index contributed by atoms with van der Waals surface area (Å²) in [7, 11) is 1.66. The molecule has 0 bridgehead atoms. The van der Waals surface area contributed by atoms with Gasteiger partial charge in [-0.1, -0.05) is 50.8 Å². The van der Waals surface area contributed by atoms with E-state index in [4.69, 9.17) is 9.72 Å². The summed E-state index contributed by atoms with van der Waals surface area (Å²) >= 11 is 0. The van der Waals surface area contributed by atoms with Crippen molar-refractivity contribution in [1.82, 2.24) is 14.9 Å². The van der Waals surface area contributed by atoms with Crippen LogP contribution >= 0.6 is 0 Å². The van der Waals surface area contributed by atoms with Gasteiger partial charge in [-0.2, -0.15) is 0 Å². The summed E-state index contributed by atoms with van der Waals surface area (Å²) in [5.41, 5.74) is 7.52. The van der Waals surface area contributed by atoms with Crippen LogP contribution in [0.4, 0.5) is 20.3 Å². The smallest absolute Gasteiger partial charge is 0.135 e. The average molecular weight is 553 g/mol. The van der Waals surface area contributed by atoms with Crippen LogP contribution in [0.15, 0.2) is 79.5 Å². The molecule has 0 saturated carbocycles. The second-order valence-electron chi connectivity index (χ2n) is 10.2. The lowest BCUT2D eigenvalue weighted by Crippen LogP contribution is -2.16. The molecule has 0 radical (unpaired) electrons. The van der Waals surface area contributed by atoms with Gasteiger partial charge in [-0.3, -0.25) is 0 Å². The number of methoxy groups -OCH3 is 1. The molecule has 2 aromatic heterocycles. The fraction of sp³-hybridized carbons (Fsp3) is 0.235. The van der Waals surface area contributed by atoms with Crippen LogP contribution in [0.5, 0.6) is 5.75 Å². The van der Waals surface area contributed by atoms with Crippen molar-refractivity contribution in [3.63, 3.8) is 0 Å². The molecule has 0 aliphatic carbocycles. The molecule has 0 fully saturated rings. The van der Waals surface area contributed by atoms with Gasteiger partial charge >= 0.3 is 0 Å². The van der Waals surface area contributed by atoms with E-state index in [9.17, 15) is 8.78 Å². The first-order chi connectivity index (χ1) is 19.8. The number of pyridine rings is 2. The normalized spacial score (nSPS) is 12.4. The number of ether oxygens (including phenoxy) is 1. The lowest BCUT2D eigenvalue weighted by molar-refractivity contribution is 0.396. The van der Waals surface area contributed by atoms with Crippen molar-refractivity contribution in [2.24, 2.45) is 0 Å². The third-order valence-corrected chi connectivity index (χ3v) is 7.52. The predicted octanol–water partition coefficient (Wildman–Crippen LogP) is 8.23. The van der Waals surface area contributed by atoms with Crippen molar-refractivity contribution in [1.29, 1.82) is 0 Å². The zero-order valence-corrected chi connectivity index (χ0v) is 23.7. The predicted molar refractivity (Wildman–Crippen MR) is 161 cm³/mol. The number of hydrogen-bond acceptors (Lipinski definition) is 5. The van der Waals surface area contributed by atoms with Gasteiger partial charge < -0.3 is 15.0 Å². The average Bonchev–Trinajstić information content (AvgIpc) is 3.28. The maximum absolute atomic E-state index is 14.9. The van der Waals surface area contributed by atoms with E-state index < -0.39 is 11.6 Å². The number of rotatable bonds is 10. The van der Waals surface area contributed by atoms with E-state index in [0.717, 1.165) is 53.0 Å². The molecule has 0 spiro atoms. The van der Waals surface area contributed by atoms with Crippen LogP contribution in [-0.2, 0) is 25.9 Å². The van der Waals surface area contributed by atoms with Crippen molar-refractivity contribution in [2.75, 3.05) is 12.4 Å². The third kappa shape index (κ3) is 5.85. The molecule has 3 heterocycles. The Hall–Kier alpha value is -4.52. The molecule has 0 unspecified atom stereocenters. The molecule has 4 aromatic rings. The Balaban J connectivity index is 1.52. The minimum absolute atomic E-state index is 0.160. The van der Waals surface area contributed by atoms with Gasteiger partial charge in [0, 0.05) is 24.0 Å². The summed E-state index contributed by atoms with van der Waals surface area (Å²) in [6, 6.07) is 15.5.